The first-order valence-electron chi connectivity index (χ1n) is 9.39. The second kappa shape index (κ2) is 7.34. The van der Waals surface area contributed by atoms with Crippen LogP contribution >= 0.6 is 0 Å². The highest BCUT2D eigenvalue weighted by Crippen LogP contribution is 2.39. The van der Waals surface area contributed by atoms with E-state index in [1.165, 1.54) is 0 Å². The lowest BCUT2D eigenvalue weighted by Crippen LogP contribution is -2.49. The van der Waals surface area contributed by atoms with E-state index < -0.39 is 5.91 Å². The van der Waals surface area contributed by atoms with Gasteiger partial charge in [0.2, 0.25) is 0 Å². The molecule has 2 bridgehead atoms. The average Bonchev–Trinajstić information content (AvgIpc) is 3.29. The van der Waals surface area contributed by atoms with Crippen LogP contribution in [-0.4, -0.2) is 45.4 Å². The van der Waals surface area contributed by atoms with Crippen molar-refractivity contribution in [2.24, 2.45) is 5.73 Å². The SMILES string of the molecule is N=C/C(C(N)=O)=C(/NC1CC2CCC(C1)N2c1ccc(N)nn1)c1ccc[nH]1. The van der Waals surface area contributed by atoms with Crippen molar-refractivity contribution in [3.8, 4) is 0 Å². The Morgan fingerprint density at radius 3 is 2.54 bits per heavy atom. The van der Waals surface area contributed by atoms with Gasteiger partial charge in [-0.3, -0.25) is 4.79 Å². The Labute approximate surface area is 162 Å². The van der Waals surface area contributed by atoms with Crippen molar-refractivity contribution in [2.75, 3.05) is 10.6 Å². The van der Waals surface area contributed by atoms with Crippen LogP contribution in [-0.2, 0) is 4.79 Å². The number of aromatic amines is 1. The number of hydrogen-bond donors (Lipinski definition) is 5. The van der Waals surface area contributed by atoms with Crippen molar-refractivity contribution in [2.45, 2.75) is 43.8 Å². The first-order valence-corrected chi connectivity index (χ1v) is 9.39. The molecular formula is C19H24N8O. The number of nitrogens with zero attached hydrogens (tertiary/aromatic N) is 3. The minimum Gasteiger partial charge on any atom is -0.382 e. The molecule has 2 aromatic rings. The van der Waals surface area contributed by atoms with Crippen LogP contribution in [0, 0.1) is 5.41 Å². The van der Waals surface area contributed by atoms with Gasteiger partial charge in [0.15, 0.2) is 5.82 Å². The highest BCUT2D eigenvalue weighted by atomic mass is 16.1. The Morgan fingerprint density at radius 1 is 1.25 bits per heavy atom. The molecule has 4 rings (SSSR count). The number of piperidine rings is 1. The highest BCUT2D eigenvalue weighted by Gasteiger charge is 2.42. The second-order valence-electron chi connectivity index (χ2n) is 7.30. The van der Waals surface area contributed by atoms with Crippen molar-refractivity contribution in [3.63, 3.8) is 0 Å². The van der Waals surface area contributed by atoms with Crippen LogP contribution in [0.5, 0.6) is 0 Å². The monoisotopic (exact) mass is 380 g/mol. The number of rotatable bonds is 6. The number of primary amides is 1. The molecule has 2 aliphatic heterocycles. The van der Waals surface area contributed by atoms with Gasteiger partial charge in [-0.1, -0.05) is 0 Å². The summed E-state index contributed by atoms with van der Waals surface area (Å²) in [4.78, 5) is 17.3. The van der Waals surface area contributed by atoms with Crippen LogP contribution in [0.25, 0.3) is 5.70 Å². The Balaban J connectivity index is 1.56. The largest absolute Gasteiger partial charge is 0.382 e. The summed E-state index contributed by atoms with van der Waals surface area (Å²) in [5.41, 5.74) is 12.7. The number of nitrogens with one attached hydrogen (secondary N) is 3. The van der Waals surface area contributed by atoms with Crippen molar-refractivity contribution in [1.82, 2.24) is 20.5 Å². The molecule has 0 aromatic carbocycles. The molecule has 9 heteroatoms. The summed E-state index contributed by atoms with van der Waals surface area (Å²) in [5, 5.41) is 19.4. The van der Waals surface area contributed by atoms with Gasteiger partial charge in [0, 0.05) is 30.5 Å². The molecule has 2 fully saturated rings. The van der Waals surface area contributed by atoms with E-state index in [-0.39, 0.29) is 11.6 Å². The van der Waals surface area contributed by atoms with Crippen LogP contribution in [0.15, 0.2) is 36.0 Å². The van der Waals surface area contributed by atoms with Crippen molar-refractivity contribution in [3.05, 3.63) is 41.7 Å². The molecule has 2 unspecified atom stereocenters. The summed E-state index contributed by atoms with van der Waals surface area (Å²) in [7, 11) is 0. The van der Waals surface area contributed by atoms with Crippen LogP contribution in [0.4, 0.5) is 11.6 Å². The van der Waals surface area contributed by atoms with Crippen molar-refractivity contribution in [1.29, 1.82) is 5.41 Å². The normalized spacial score (nSPS) is 24.6. The van der Waals surface area contributed by atoms with E-state index in [1.54, 1.807) is 12.3 Å². The summed E-state index contributed by atoms with van der Waals surface area (Å²) in [5.74, 6) is 0.654. The van der Waals surface area contributed by atoms with Crippen LogP contribution in [0.3, 0.4) is 0 Å². The van der Waals surface area contributed by atoms with E-state index in [2.05, 4.69) is 25.4 Å². The molecule has 2 aromatic heterocycles. The number of nitrogens with two attached hydrogens (primary N) is 2. The number of aromatic nitrogens is 3. The number of nitrogen functional groups attached to an aromatic ring is 1. The molecule has 2 atom stereocenters. The zero-order valence-electron chi connectivity index (χ0n) is 15.4. The Morgan fingerprint density at radius 2 is 2.00 bits per heavy atom. The van der Waals surface area contributed by atoms with Gasteiger partial charge in [0.1, 0.15) is 5.82 Å². The summed E-state index contributed by atoms with van der Waals surface area (Å²) < 4.78 is 0. The molecule has 2 saturated heterocycles. The molecule has 146 valence electrons. The number of fused-ring (bicyclic) bond motifs is 2. The van der Waals surface area contributed by atoms with E-state index in [1.807, 2.05) is 18.2 Å². The molecule has 0 spiro atoms. The first-order chi connectivity index (χ1) is 13.6. The Bertz CT molecular complexity index is 875. The smallest absolute Gasteiger partial charge is 0.252 e. The summed E-state index contributed by atoms with van der Waals surface area (Å²) >= 11 is 0. The molecule has 1 amide bonds. The van der Waals surface area contributed by atoms with Crippen LogP contribution in [0.2, 0.25) is 0 Å². The van der Waals surface area contributed by atoms with Gasteiger partial charge in [-0.15, -0.1) is 10.2 Å². The third-order valence-corrected chi connectivity index (χ3v) is 5.56. The van der Waals surface area contributed by atoms with E-state index in [9.17, 15) is 4.79 Å². The number of carbonyl (C=O) groups excluding carboxylic acids is 1. The third-order valence-electron chi connectivity index (χ3n) is 5.56. The average molecular weight is 380 g/mol. The third kappa shape index (κ3) is 3.30. The summed E-state index contributed by atoms with van der Waals surface area (Å²) in [6.45, 7) is 0. The van der Waals surface area contributed by atoms with Gasteiger partial charge in [0.25, 0.3) is 5.91 Å². The lowest BCUT2D eigenvalue weighted by Gasteiger charge is -2.40. The second-order valence-corrected chi connectivity index (χ2v) is 7.30. The lowest BCUT2D eigenvalue weighted by atomic mass is 9.96. The number of hydrogen-bond acceptors (Lipinski definition) is 7. The fraction of sp³-hybridized carbons (Fsp3) is 0.368. The lowest BCUT2D eigenvalue weighted by molar-refractivity contribution is -0.114. The van der Waals surface area contributed by atoms with Crippen molar-refractivity contribution >= 4 is 29.5 Å². The van der Waals surface area contributed by atoms with Gasteiger partial charge < -0.3 is 32.1 Å². The molecule has 0 saturated carbocycles. The first kappa shape index (κ1) is 18.0. The van der Waals surface area contributed by atoms with E-state index in [0.29, 0.717) is 23.6 Å². The quantitative estimate of drug-likeness (QED) is 0.373. The Hall–Kier alpha value is -3.36. The standard InChI is InChI=1S/C19H24N8O/c20-10-14(19(22)28)18(15-2-1-7-23-15)24-11-8-12-3-4-13(9-11)27(12)17-6-5-16(21)25-26-17/h1-2,5-7,10-13,20,23-24H,3-4,8-9H2,(H2,21,25)(H2,22,28)/b18-14-,20-10?. The van der Waals surface area contributed by atoms with Crippen molar-refractivity contribution < 1.29 is 4.79 Å². The van der Waals surface area contributed by atoms with Gasteiger partial charge >= 0.3 is 0 Å². The predicted molar refractivity (Wildman–Crippen MR) is 108 cm³/mol. The number of amides is 1. The Kier molecular flexibility index (Phi) is 4.72. The van der Waals surface area contributed by atoms with Gasteiger partial charge in [-0.2, -0.15) is 0 Å². The van der Waals surface area contributed by atoms with E-state index in [4.69, 9.17) is 16.9 Å². The fourth-order valence-corrected chi connectivity index (χ4v) is 4.40. The zero-order chi connectivity index (χ0) is 19.7. The topological polar surface area (TPSA) is 150 Å². The van der Waals surface area contributed by atoms with Crippen LogP contribution in [0.1, 0.15) is 31.4 Å². The predicted octanol–water partition coefficient (Wildman–Crippen LogP) is 1.02. The molecule has 2 aliphatic rings. The number of anilines is 2. The number of H-pyrrole nitrogens is 1. The van der Waals surface area contributed by atoms with Crippen LogP contribution < -0.4 is 21.7 Å². The van der Waals surface area contributed by atoms with Gasteiger partial charge in [-0.25, -0.2) is 0 Å². The maximum absolute atomic E-state index is 11.8. The summed E-state index contributed by atoms with van der Waals surface area (Å²) in [6, 6.07) is 8.27. The molecule has 4 heterocycles. The number of carbonyl (C=O) groups is 1. The minimum atomic E-state index is -0.621. The van der Waals surface area contributed by atoms with Gasteiger partial charge in [-0.05, 0) is 49.9 Å². The molecular weight excluding hydrogens is 356 g/mol. The minimum absolute atomic E-state index is 0.168. The maximum atomic E-state index is 11.8. The molecule has 7 N–H and O–H groups in total. The highest BCUT2D eigenvalue weighted by molar-refractivity contribution is 6.16. The summed E-state index contributed by atoms with van der Waals surface area (Å²) in [6.07, 6.45) is 6.77. The fourth-order valence-electron chi connectivity index (χ4n) is 4.40. The maximum Gasteiger partial charge on any atom is 0.252 e. The molecule has 0 aliphatic carbocycles. The van der Waals surface area contributed by atoms with Gasteiger partial charge in [0.05, 0.1) is 17.0 Å². The molecule has 9 nitrogen and oxygen atoms in total. The van der Waals surface area contributed by atoms with E-state index in [0.717, 1.165) is 43.4 Å². The zero-order valence-corrected chi connectivity index (χ0v) is 15.4. The molecule has 0 radical (unpaired) electrons. The van der Waals surface area contributed by atoms with E-state index >= 15 is 0 Å². The molecule has 28 heavy (non-hydrogen) atoms.